The second kappa shape index (κ2) is 11.4. The summed E-state index contributed by atoms with van der Waals surface area (Å²) in [5.41, 5.74) is 0. The lowest BCUT2D eigenvalue weighted by Crippen LogP contribution is -2.48. The van der Waals surface area contributed by atoms with Crippen LogP contribution >= 0.6 is 11.6 Å². The molecule has 7 nitrogen and oxygen atoms in total. The first-order valence-electron chi connectivity index (χ1n) is 10.2. The van der Waals surface area contributed by atoms with E-state index in [1.165, 1.54) is 12.8 Å². The minimum absolute atomic E-state index is 0.288. The summed E-state index contributed by atoms with van der Waals surface area (Å²) in [6.45, 7) is 4.66. The number of hydrogen-bond acceptors (Lipinski definition) is 5. The normalized spacial score (nSPS) is 21.6. The second-order valence-electron chi connectivity index (χ2n) is 7.15. The van der Waals surface area contributed by atoms with Gasteiger partial charge in [0, 0.05) is 39.0 Å². The van der Waals surface area contributed by atoms with Gasteiger partial charge < -0.3 is 24.4 Å². The SMILES string of the molecule is CN=C(NCCOc1ccc(Cl)cn1)N1CCC(OCC2CCCCO2)CC1. The van der Waals surface area contributed by atoms with E-state index in [1.54, 1.807) is 18.3 Å². The molecule has 1 N–H and O–H groups in total. The molecule has 1 unspecified atom stereocenters. The van der Waals surface area contributed by atoms with Crippen molar-refractivity contribution in [2.24, 2.45) is 4.99 Å². The van der Waals surface area contributed by atoms with Crippen molar-refractivity contribution in [1.82, 2.24) is 15.2 Å². The summed E-state index contributed by atoms with van der Waals surface area (Å²) in [4.78, 5) is 10.8. The molecule has 0 aromatic carbocycles. The monoisotopic (exact) mass is 410 g/mol. The maximum Gasteiger partial charge on any atom is 0.213 e. The van der Waals surface area contributed by atoms with E-state index in [2.05, 4.69) is 20.2 Å². The van der Waals surface area contributed by atoms with Gasteiger partial charge in [-0.3, -0.25) is 4.99 Å². The number of halogens is 1. The van der Waals surface area contributed by atoms with Crippen molar-refractivity contribution in [2.75, 3.05) is 46.5 Å². The zero-order valence-corrected chi connectivity index (χ0v) is 17.4. The van der Waals surface area contributed by atoms with Gasteiger partial charge in [-0.1, -0.05) is 11.6 Å². The van der Waals surface area contributed by atoms with Crippen LogP contribution in [0.1, 0.15) is 32.1 Å². The fourth-order valence-electron chi connectivity index (χ4n) is 3.51. The molecule has 0 aliphatic carbocycles. The van der Waals surface area contributed by atoms with Crippen LogP contribution in [0.3, 0.4) is 0 Å². The third-order valence-electron chi connectivity index (χ3n) is 5.08. The Balaban J connectivity index is 1.31. The molecule has 8 heteroatoms. The van der Waals surface area contributed by atoms with Crippen LogP contribution in [-0.2, 0) is 9.47 Å². The molecule has 2 fully saturated rings. The molecule has 1 aromatic heterocycles. The first kappa shape index (κ1) is 21.1. The molecular weight excluding hydrogens is 380 g/mol. The van der Waals surface area contributed by atoms with Gasteiger partial charge in [-0.2, -0.15) is 0 Å². The van der Waals surface area contributed by atoms with Gasteiger partial charge in [0.15, 0.2) is 5.96 Å². The summed E-state index contributed by atoms with van der Waals surface area (Å²) >= 11 is 5.82. The van der Waals surface area contributed by atoms with E-state index in [4.69, 9.17) is 25.8 Å². The zero-order chi connectivity index (χ0) is 19.6. The summed E-state index contributed by atoms with van der Waals surface area (Å²) in [7, 11) is 1.81. The summed E-state index contributed by atoms with van der Waals surface area (Å²) in [6, 6.07) is 3.53. The molecule has 3 rings (SSSR count). The largest absolute Gasteiger partial charge is 0.476 e. The van der Waals surface area contributed by atoms with E-state index in [1.807, 2.05) is 7.05 Å². The molecule has 3 heterocycles. The Morgan fingerprint density at radius 1 is 1.32 bits per heavy atom. The van der Waals surface area contributed by atoms with Crippen molar-refractivity contribution >= 4 is 17.6 Å². The number of pyridine rings is 1. The molecule has 0 radical (unpaired) electrons. The van der Waals surface area contributed by atoms with Gasteiger partial charge in [0.1, 0.15) is 6.61 Å². The summed E-state index contributed by atoms with van der Waals surface area (Å²) < 4.78 is 17.5. The van der Waals surface area contributed by atoms with E-state index in [0.29, 0.717) is 30.2 Å². The fraction of sp³-hybridized carbons (Fsp3) is 0.700. The van der Waals surface area contributed by atoms with Crippen LogP contribution in [0.2, 0.25) is 5.02 Å². The number of aliphatic imine (C=N–C) groups is 1. The number of piperidine rings is 1. The lowest BCUT2D eigenvalue weighted by atomic mass is 10.1. The molecular formula is C20H31ClN4O3. The van der Waals surface area contributed by atoms with E-state index < -0.39 is 0 Å². The Hall–Kier alpha value is -1.57. The third kappa shape index (κ3) is 6.79. The molecule has 1 aromatic rings. The first-order valence-corrected chi connectivity index (χ1v) is 10.6. The molecule has 0 spiro atoms. The molecule has 2 aliphatic rings. The number of nitrogens with zero attached hydrogens (tertiary/aromatic N) is 3. The van der Waals surface area contributed by atoms with Crippen LogP contribution in [0.15, 0.2) is 23.3 Å². The van der Waals surface area contributed by atoms with Crippen LogP contribution in [0, 0.1) is 0 Å². The van der Waals surface area contributed by atoms with E-state index in [0.717, 1.165) is 51.5 Å². The van der Waals surface area contributed by atoms with Gasteiger partial charge in [0.05, 0.1) is 30.4 Å². The standard InChI is InChI=1S/C20H31ClN4O3/c1-22-20(23-9-13-27-19-6-5-16(21)14-24-19)25-10-7-17(8-11-25)28-15-18-4-2-3-12-26-18/h5-6,14,17-18H,2-4,7-13,15H2,1H3,(H,22,23). The number of likely N-dealkylation sites (tertiary alicyclic amines) is 1. The van der Waals surface area contributed by atoms with E-state index >= 15 is 0 Å². The maximum absolute atomic E-state index is 6.09. The highest BCUT2D eigenvalue weighted by atomic mass is 35.5. The molecule has 156 valence electrons. The number of aromatic nitrogens is 1. The van der Waals surface area contributed by atoms with Crippen LogP contribution in [-0.4, -0.2) is 74.6 Å². The first-order chi connectivity index (χ1) is 13.7. The van der Waals surface area contributed by atoms with Gasteiger partial charge in [0.2, 0.25) is 5.88 Å². The van der Waals surface area contributed by atoms with Gasteiger partial charge in [0.25, 0.3) is 0 Å². The molecule has 2 aliphatic heterocycles. The molecule has 2 saturated heterocycles. The summed E-state index contributed by atoms with van der Waals surface area (Å²) in [5.74, 6) is 1.47. The highest BCUT2D eigenvalue weighted by Crippen LogP contribution is 2.18. The van der Waals surface area contributed by atoms with Gasteiger partial charge >= 0.3 is 0 Å². The molecule has 1 atom stereocenters. The number of ether oxygens (including phenoxy) is 3. The van der Waals surface area contributed by atoms with Crippen LogP contribution in [0.4, 0.5) is 0 Å². The number of rotatable bonds is 7. The quantitative estimate of drug-likeness (QED) is 0.423. The van der Waals surface area contributed by atoms with Crippen LogP contribution in [0.25, 0.3) is 0 Å². The fourth-order valence-corrected chi connectivity index (χ4v) is 3.63. The van der Waals surface area contributed by atoms with Crippen LogP contribution < -0.4 is 10.1 Å². The predicted octanol–water partition coefficient (Wildman–Crippen LogP) is 2.74. The van der Waals surface area contributed by atoms with Crippen molar-refractivity contribution in [3.63, 3.8) is 0 Å². The number of guanidine groups is 1. The Kier molecular flexibility index (Phi) is 8.64. The molecule has 0 saturated carbocycles. The average molecular weight is 411 g/mol. The zero-order valence-electron chi connectivity index (χ0n) is 16.6. The van der Waals surface area contributed by atoms with Gasteiger partial charge in [-0.15, -0.1) is 0 Å². The van der Waals surface area contributed by atoms with Crippen molar-refractivity contribution < 1.29 is 14.2 Å². The summed E-state index contributed by atoms with van der Waals surface area (Å²) in [5, 5.41) is 3.96. The molecule has 0 amide bonds. The minimum atomic E-state index is 0.288. The number of nitrogens with one attached hydrogen (secondary N) is 1. The highest BCUT2D eigenvalue weighted by Gasteiger charge is 2.23. The Labute approximate surface area is 172 Å². The Morgan fingerprint density at radius 2 is 2.18 bits per heavy atom. The predicted molar refractivity (Wildman–Crippen MR) is 110 cm³/mol. The Bertz CT molecular complexity index is 600. The molecule has 0 bridgehead atoms. The van der Waals surface area contributed by atoms with E-state index in [-0.39, 0.29) is 6.10 Å². The Morgan fingerprint density at radius 3 is 2.86 bits per heavy atom. The van der Waals surface area contributed by atoms with Crippen molar-refractivity contribution in [1.29, 1.82) is 0 Å². The van der Waals surface area contributed by atoms with Gasteiger partial charge in [-0.25, -0.2) is 4.98 Å². The maximum atomic E-state index is 6.09. The van der Waals surface area contributed by atoms with Crippen molar-refractivity contribution in [3.05, 3.63) is 23.4 Å². The van der Waals surface area contributed by atoms with Crippen molar-refractivity contribution in [2.45, 2.75) is 44.3 Å². The second-order valence-corrected chi connectivity index (χ2v) is 7.58. The topological polar surface area (TPSA) is 68.2 Å². The van der Waals surface area contributed by atoms with Gasteiger partial charge in [-0.05, 0) is 38.2 Å². The smallest absolute Gasteiger partial charge is 0.213 e. The number of hydrogen-bond donors (Lipinski definition) is 1. The average Bonchev–Trinajstić information content (AvgIpc) is 2.75. The minimum Gasteiger partial charge on any atom is -0.476 e. The lowest BCUT2D eigenvalue weighted by Gasteiger charge is -2.35. The van der Waals surface area contributed by atoms with E-state index in [9.17, 15) is 0 Å². The lowest BCUT2D eigenvalue weighted by molar-refractivity contribution is -0.0721. The van der Waals surface area contributed by atoms with Crippen LogP contribution in [0.5, 0.6) is 5.88 Å². The molecule has 28 heavy (non-hydrogen) atoms. The summed E-state index contributed by atoms with van der Waals surface area (Å²) in [6.07, 6.45) is 7.78. The third-order valence-corrected chi connectivity index (χ3v) is 5.30. The van der Waals surface area contributed by atoms with Crippen molar-refractivity contribution in [3.8, 4) is 5.88 Å². The highest BCUT2D eigenvalue weighted by molar-refractivity contribution is 6.30.